The van der Waals surface area contributed by atoms with Crippen LogP contribution in [0.3, 0.4) is 0 Å². The molecule has 0 atom stereocenters. The predicted octanol–water partition coefficient (Wildman–Crippen LogP) is 2.98. The van der Waals surface area contributed by atoms with Gasteiger partial charge in [-0.1, -0.05) is 6.07 Å². The predicted molar refractivity (Wildman–Crippen MR) is 53.3 cm³/mol. The van der Waals surface area contributed by atoms with E-state index in [9.17, 15) is 13.2 Å². The standard InChI is InChI=1S/C8H7F3IN/c9-8(10,11)4-5-1-2-6(12)3-7(5)13/h1-3H,4,13H2. The Morgan fingerprint density at radius 1 is 1.31 bits per heavy atom. The Hall–Kier alpha value is -0.460. The van der Waals surface area contributed by atoms with Crippen LogP contribution >= 0.6 is 22.6 Å². The number of hydrogen-bond donors (Lipinski definition) is 1. The molecule has 1 aromatic rings. The topological polar surface area (TPSA) is 26.0 Å². The normalized spacial score (nSPS) is 11.7. The Bertz CT molecular complexity index is 309. The molecule has 1 nitrogen and oxygen atoms in total. The zero-order chi connectivity index (χ0) is 10.1. The molecule has 0 aromatic heterocycles. The van der Waals surface area contributed by atoms with Crippen LogP contribution in [-0.4, -0.2) is 6.18 Å². The molecule has 0 heterocycles. The molecule has 0 aliphatic carbocycles. The second-order valence-electron chi connectivity index (χ2n) is 2.64. The van der Waals surface area contributed by atoms with Gasteiger partial charge in [-0.25, -0.2) is 0 Å². The fraction of sp³-hybridized carbons (Fsp3) is 0.250. The molecule has 0 spiro atoms. The highest BCUT2D eigenvalue weighted by Gasteiger charge is 2.28. The van der Waals surface area contributed by atoms with E-state index < -0.39 is 12.6 Å². The zero-order valence-corrected chi connectivity index (χ0v) is 8.69. The number of nitrogen functional groups attached to an aromatic ring is 1. The summed E-state index contributed by atoms with van der Waals surface area (Å²) in [6.45, 7) is 0. The molecule has 0 aliphatic heterocycles. The molecule has 0 saturated heterocycles. The lowest BCUT2D eigenvalue weighted by atomic mass is 10.1. The summed E-state index contributed by atoms with van der Waals surface area (Å²) in [6.07, 6.45) is -5.16. The van der Waals surface area contributed by atoms with Crippen LogP contribution in [0.25, 0.3) is 0 Å². The lowest BCUT2D eigenvalue weighted by Gasteiger charge is -2.08. The van der Waals surface area contributed by atoms with Gasteiger partial charge in [0.15, 0.2) is 0 Å². The van der Waals surface area contributed by atoms with Crippen molar-refractivity contribution < 1.29 is 13.2 Å². The van der Waals surface area contributed by atoms with Gasteiger partial charge < -0.3 is 5.73 Å². The zero-order valence-electron chi connectivity index (χ0n) is 6.53. The molecule has 13 heavy (non-hydrogen) atoms. The summed E-state index contributed by atoms with van der Waals surface area (Å²) in [5.74, 6) is 0. The summed E-state index contributed by atoms with van der Waals surface area (Å²) in [6, 6.07) is 4.55. The number of alkyl halides is 3. The number of halogens is 4. The van der Waals surface area contributed by atoms with Crippen LogP contribution in [0.15, 0.2) is 18.2 Å². The highest BCUT2D eigenvalue weighted by Crippen LogP contribution is 2.25. The number of benzene rings is 1. The minimum atomic E-state index is -4.19. The van der Waals surface area contributed by atoms with E-state index in [0.717, 1.165) is 3.57 Å². The Labute approximate surface area is 87.3 Å². The van der Waals surface area contributed by atoms with Crippen molar-refractivity contribution in [1.82, 2.24) is 0 Å². The average Bonchev–Trinajstić information content (AvgIpc) is 1.93. The molecular formula is C8H7F3IN. The van der Waals surface area contributed by atoms with Crippen molar-refractivity contribution in [3.8, 4) is 0 Å². The first-order valence-electron chi connectivity index (χ1n) is 3.49. The van der Waals surface area contributed by atoms with E-state index in [0.29, 0.717) is 0 Å². The van der Waals surface area contributed by atoms with Gasteiger partial charge in [0, 0.05) is 9.26 Å². The minimum Gasteiger partial charge on any atom is -0.398 e. The van der Waals surface area contributed by atoms with E-state index in [1.807, 2.05) is 22.6 Å². The van der Waals surface area contributed by atoms with Crippen LogP contribution < -0.4 is 5.73 Å². The monoisotopic (exact) mass is 301 g/mol. The minimum absolute atomic E-state index is 0.132. The summed E-state index contributed by atoms with van der Waals surface area (Å²) in [4.78, 5) is 0. The molecule has 0 amide bonds. The van der Waals surface area contributed by atoms with Crippen molar-refractivity contribution in [3.63, 3.8) is 0 Å². The Kier molecular flexibility index (Phi) is 3.05. The van der Waals surface area contributed by atoms with Gasteiger partial charge in [0.05, 0.1) is 6.42 Å². The van der Waals surface area contributed by atoms with Gasteiger partial charge in [-0.05, 0) is 40.3 Å². The first kappa shape index (κ1) is 10.6. The average molecular weight is 301 g/mol. The third kappa shape index (κ3) is 3.41. The third-order valence-corrected chi connectivity index (χ3v) is 2.17. The largest absolute Gasteiger partial charge is 0.398 e. The van der Waals surface area contributed by atoms with Gasteiger partial charge in [-0.15, -0.1) is 0 Å². The van der Waals surface area contributed by atoms with Gasteiger partial charge in [0.1, 0.15) is 0 Å². The molecule has 0 saturated carbocycles. The maximum absolute atomic E-state index is 12.0. The molecule has 0 radical (unpaired) electrons. The van der Waals surface area contributed by atoms with Gasteiger partial charge >= 0.3 is 6.18 Å². The fourth-order valence-corrected chi connectivity index (χ4v) is 1.46. The highest BCUT2D eigenvalue weighted by molar-refractivity contribution is 14.1. The summed E-state index contributed by atoms with van der Waals surface area (Å²) in [5.41, 5.74) is 5.75. The van der Waals surface area contributed by atoms with Crippen molar-refractivity contribution in [2.75, 3.05) is 5.73 Å². The first-order valence-corrected chi connectivity index (χ1v) is 4.57. The smallest absolute Gasteiger partial charge is 0.393 e. The Balaban J connectivity index is 2.90. The maximum atomic E-state index is 12.0. The Morgan fingerprint density at radius 2 is 1.92 bits per heavy atom. The van der Waals surface area contributed by atoms with Gasteiger partial charge in [-0.3, -0.25) is 0 Å². The van der Waals surface area contributed by atoms with Crippen LogP contribution in [0.4, 0.5) is 18.9 Å². The van der Waals surface area contributed by atoms with Crippen molar-refractivity contribution in [1.29, 1.82) is 0 Å². The molecule has 72 valence electrons. The van der Waals surface area contributed by atoms with Gasteiger partial charge in [0.2, 0.25) is 0 Å². The van der Waals surface area contributed by atoms with E-state index in [2.05, 4.69) is 0 Å². The summed E-state index contributed by atoms with van der Waals surface area (Å²) in [5, 5.41) is 0. The molecule has 2 N–H and O–H groups in total. The van der Waals surface area contributed by atoms with E-state index in [1.54, 1.807) is 6.07 Å². The summed E-state index contributed by atoms with van der Waals surface area (Å²) >= 11 is 2.00. The van der Waals surface area contributed by atoms with E-state index >= 15 is 0 Å². The summed E-state index contributed by atoms with van der Waals surface area (Å²) < 4.78 is 36.7. The number of hydrogen-bond acceptors (Lipinski definition) is 1. The number of nitrogens with two attached hydrogens (primary N) is 1. The second kappa shape index (κ2) is 3.73. The lowest BCUT2D eigenvalue weighted by Crippen LogP contribution is -2.13. The number of rotatable bonds is 1. The third-order valence-electron chi connectivity index (χ3n) is 1.50. The van der Waals surface area contributed by atoms with Crippen molar-refractivity contribution in [3.05, 3.63) is 27.3 Å². The van der Waals surface area contributed by atoms with Crippen LogP contribution in [0.2, 0.25) is 0 Å². The molecule has 0 fully saturated rings. The van der Waals surface area contributed by atoms with Crippen molar-refractivity contribution in [2.24, 2.45) is 0 Å². The molecule has 0 aliphatic rings. The van der Waals surface area contributed by atoms with E-state index in [-0.39, 0.29) is 11.3 Å². The maximum Gasteiger partial charge on any atom is 0.393 e. The first-order chi connectivity index (χ1) is 5.88. The SMILES string of the molecule is Nc1cc(I)ccc1CC(F)(F)F. The number of anilines is 1. The highest BCUT2D eigenvalue weighted by atomic mass is 127. The molecule has 1 rings (SSSR count). The van der Waals surface area contributed by atoms with E-state index in [1.165, 1.54) is 12.1 Å². The molecule has 0 bridgehead atoms. The molecule has 5 heteroatoms. The fourth-order valence-electron chi connectivity index (χ4n) is 0.943. The van der Waals surface area contributed by atoms with Crippen LogP contribution in [0.5, 0.6) is 0 Å². The second-order valence-corrected chi connectivity index (χ2v) is 3.88. The van der Waals surface area contributed by atoms with Gasteiger partial charge in [-0.2, -0.15) is 13.2 Å². The Morgan fingerprint density at radius 3 is 2.38 bits per heavy atom. The molecule has 0 unspecified atom stereocenters. The van der Waals surface area contributed by atoms with Crippen LogP contribution in [0.1, 0.15) is 5.56 Å². The van der Waals surface area contributed by atoms with E-state index in [4.69, 9.17) is 5.73 Å². The van der Waals surface area contributed by atoms with Crippen molar-refractivity contribution >= 4 is 28.3 Å². The molecular weight excluding hydrogens is 294 g/mol. The van der Waals surface area contributed by atoms with Crippen LogP contribution in [0, 0.1) is 3.57 Å². The quantitative estimate of drug-likeness (QED) is 0.626. The van der Waals surface area contributed by atoms with Gasteiger partial charge in [0.25, 0.3) is 0 Å². The molecule has 1 aromatic carbocycles. The van der Waals surface area contributed by atoms with Crippen molar-refractivity contribution in [2.45, 2.75) is 12.6 Å². The van der Waals surface area contributed by atoms with Crippen LogP contribution in [-0.2, 0) is 6.42 Å². The lowest BCUT2D eigenvalue weighted by molar-refractivity contribution is -0.127. The summed E-state index contributed by atoms with van der Waals surface area (Å²) in [7, 11) is 0.